The summed E-state index contributed by atoms with van der Waals surface area (Å²) in [5, 5.41) is 14.1. The third-order valence-corrected chi connectivity index (χ3v) is 5.89. The van der Waals surface area contributed by atoms with Gasteiger partial charge in [0.05, 0.1) is 7.44 Å². The van der Waals surface area contributed by atoms with E-state index in [9.17, 15) is 37.6 Å². The summed E-state index contributed by atoms with van der Waals surface area (Å²) in [4.78, 5) is 53.1. The molecule has 9 nitrogen and oxygen atoms in total. The summed E-state index contributed by atoms with van der Waals surface area (Å²) >= 11 is 0. The van der Waals surface area contributed by atoms with E-state index in [1.165, 1.54) is 6.07 Å². The number of carbonyl (C=O) groups excluding carboxylic acids is 4. The van der Waals surface area contributed by atoms with Gasteiger partial charge in [-0.25, -0.2) is 0 Å². The number of hydrogen-bond acceptors (Lipinski definition) is 5. The van der Waals surface area contributed by atoms with Crippen LogP contribution in [0.3, 0.4) is 0 Å². The van der Waals surface area contributed by atoms with Crippen molar-refractivity contribution in [1.29, 1.82) is 5.26 Å². The molecule has 0 aromatic rings. The minimum atomic E-state index is -6.05. The Balaban J connectivity index is 2.31. The average Bonchev–Trinajstić information content (AvgIpc) is 3.34. The molecule has 0 spiro atoms. The van der Waals surface area contributed by atoms with Crippen molar-refractivity contribution in [2.45, 2.75) is 71.4 Å². The van der Waals surface area contributed by atoms with Crippen molar-refractivity contribution in [2.24, 2.45) is 28.6 Å². The molecule has 1 saturated carbocycles. The molecule has 4 amide bonds. The van der Waals surface area contributed by atoms with Crippen LogP contribution in [0.15, 0.2) is 0 Å². The maximum Gasteiger partial charge on any atom is 0.471 e. The van der Waals surface area contributed by atoms with Gasteiger partial charge >= 0.3 is 12.1 Å². The van der Waals surface area contributed by atoms with Gasteiger partial charge in [-0.3, -0.25) is 19.2 Å². The minimum Gasteiger partial charge on any atom is -0.356 e. The van der Waals surface area contributed by atoms with Crippen LogP contribution in [0, 0.1) is 39.9 Å². The first kappa shape index (κ1) is 11.0. The Labute approximate surface area is 228 Å². The van der Waals surface area contributed by atoms with E-state index in [2.05, 4.69) is 0 Å². The second-order valence-corrected chi connectivity index (χ2v) is 8.32. The zero-order valence-corrected chi connectivity index (χ0v) is 17.6. The predicted molar refractivity (Wildman–Crippen MR) is 117 cm³/mol. The molecule has 35 heavy (non-hydrogen) atoms. The summed E-state index contributed by atoms with van der Waals surface area (Å²) in [5.41, 5.74) is -7.57. The quantitative estimate of drug-likeness (QED) is 0.485. The van der Waals surface area contributed by atoms with E-state index >= 15 is 0 Å². The molecule has 6 atom stereocenters. The molecule has 0 aromatic heterocycles. The first-order chi connectivity index (χ1) is 23.6. The lowest BCUT2D eigenvalue weighted by Gasteiger charge is -2.37. The summed E-state index contributed by atoms with van der Waals surface area (Å²) < 4.78 is 192. The number of rotatable bonds is 6. The summed E-state index contributed by atoms with van der Waals surface area (Å²) in [6.07, 6.45) is -8.40. The number of likely N-dealkylation sites (tertiary alicyclic amines) is 1. The molecular formula is C23H32F3N5O4. The van der Waals surface area contributed by atoms with Crippen LogP contribution >= 0.6 is 0 Å². The zero-order chi connectivity index (χ0) is 42.6. The van der Waals surface area contributed by atoms with Gasteiger partial charge in [-0.2, -0.15) is 18.4 Å². The van der Waals surface area contributed by atoms with Crippen molar-refractivity contribution in [3.8, 4) is 6.07 Å². The molecule has 2 saturated heterocycles. The van der Waals surface area contributed by atoms with Gasteiger partial charge in [0.1, 0.15) is 18.1 Å². The average molecular weight is 519 g/mol. The molecule has 3 rings (SSSR count). The second kappa shape index (κ2) is 8.99. The third kappa shape index (κ3) is 5.23. The first-order valence-corrected chi connectivity index (χ1v) is 9.88. The number of halogens is 3. The fourth-order valence-corrected chi connectivity index (χ4v) is 4.09. The number of amides is 4. The maximum absolute atomic E-state index is 14.4. The molecule has 0 radical (unpaired) electrons. The normalized spacial score (nSPS) is 43.1. The molecule has 3 aliphatic rings. The standard InChI is InChI=1S/C23H32F3N5O4/c1-21(2,3)16(30-20(35)23(24,25)26)19(34)31-10-13-14(22(13,4)5)15(31)18(33)29-12(9-27)8-11-6-7-28-17(11)32/h11-16H,6-8,10H2,1-5H3,(H,28,32)(H,29,33)(H,30,35)/t11-,12-,13-,14-,15-,16+/m0/s1/i1D3,2D3,3D3,4D3,5D3,7D2,11D,12D. The Morgan fingerprint density at radius 3 is 2.57 bits per heavy atom. The highest BCUT2D eigenvalue weighted by atomic mass is 19.4. The lowest BCUT2D eigenvalue weighted by Crippen LogP contribution is -2.61. The first-order valence-electron chi connectivity index (χ1n) is 19.4. The van der Waals surface area contributed by atoms with Crippen LogP contribution in [0.5, 0.6) is 0 Å². The fourth-order valence-electron chi connectivity index (χ4n) is 4.09. The van der Waals surface area contributed by atoms with Crippen LogP contribution in [-0.4, -0.2) is 65.8 Å². The van der Waals surface area contributed by atoms with E-state index in [1.54, 1.807) is 10.6 Å². The van der Waals surface area contributed by atoms with E-state index in [1.807, 2.05) is 0 Å². The number of nitrogens with zero attached hydrogens (tertiary/aromatic N) is 2. The van der Waals surface area contributed by atoms with Gasteiger partial charge in [0, 0.05) is 43.6 Å². The molecule has 194 valence electrons. The Hall–Kier alpha value is -2.84. The molecule has 2 heterocycles. The highest BCUT2D eigenvalue weighted by Gasteiger charge is 2.70. The monoisotopic (exact) mass is 518 g/mol. The van der Waals surface area contributed by atoms with E-state index in [4.69, 9.17) is 26.0 Å². The van der Waals surface area contributed by atoms with Crippen LogP contribution in [0.25, 0.3) is 0 Å². The van der Waals surface area contributed by atoms with Crippen molar-refractivity contribution in [1.82, 2.24) is 20.9 Å². The molecule has 3 fully saturated rings. The number of hydrogen-bond donors (Lipinski definition) is 3. The SMILES string of the molecule is [2H]C1([2H])C[C@@]([2H])(C[C@@]([2H])(C#N)NC(=O)[C@@H]2[C@@H]3[C@H](CN2C(=O)[C@@H](NC(=O)C(F)(F)F)C(C([2H])([2H])[2H])(C([2H])([2H])[2H])C([2H])([2H])[2H])C3(C([2H])([2H])[2H])C([2H])([2H])[2H])C(=O)N1. The van der Waals surface area contributed by atoms with E-state index in [0.29, 0.717) is 0 Å². The van der Waals surface area contributed by atoms with Gasteiger partial charge in [-0.05, 0) is 35.5 Å². The number of nitriles is 1. The molecule has 1 aliphatic carbocycles. The Morgan fingerprint density at radius 1 is 1.37 bits per heavy atom. The van der Waals surface area contributed by atoms with Crippen LogP contribution in [0.4, 0.5) is 13.2 Å². The number of carbonyl (C=O) groups is 4. The van der Waals surface area contributed by atoms with Crippen molar-refractivity contribution in [2.75, 3.05) is 13.0 Å². The zero-order valence-electron chi connectivity index (χ0n) is 36.6. The van der Waals surface area contributed by atoms with Gasteiger partial charge < -0.3 is 20.9 Å². The van der Waals surface area contributed by atoms with Crippen molar-refractivity contribution >= 4 is 23.6 Å². The molecule has 0 bridgehead atoms. The predicted octanol–water partition coefficient (Wildman–Crippen LogP) is 1.10. The number of alkyl halides is 3. The Morgan fingerprint density at radius 2 is 2.06 bits per heavy atom. The number of nitrogens with one attached hydrogen (secondary N) is 3. The van der Waals surface area contributed by atoms with Crippen molar-refractivity contribution < 1.29 is 58.4 Å². The summed E-state index contributed by atoms with van der Waals surface area (Å²) in [5.74, 6) is -15.5. The number of fused-ring (bicyclic) bond motifs is 1. The van der Waals surface area contributed by atoms with Gasteiger partial charge in [0.15, 0.2) is 0 Å². The maximum atomic E-state index is 14.4. The highest BCUT2D eigenvalue weighted by molar-refractivity contribution is 5.95. The molecule has 12 heteroatoms. The molecule has 0 unspecified atom stereocenters. The van der Waals surface area contributed by atoms with Crippen LogP contribution in [0.1, 0.15) is 73.1 Å². The summed E-state index contributed by atoms with van der Waals surface area (Å²) in [6.45, 7) is -24.5. The van der Waals surface area contributed by atoms with Gasteiger partial charge in [0.25, 0.3) is 0 Å². The highest BCUT2D eigenvalue weighted by Crippen LogP contribution is 2.65. The lowest BCUT2D eigenvalue weighted by atomic mass is 9.85. The summed E-state index contributed by atoms with van der Waals surface area (Å²) in [6, 6.07) is -8.45. The van der Waals surface area contributed by atoms with E-state index in [-0.39, 0.29) is 4.90 Å². The van der Waals surface area contributed by atoms with Gasteiger partial charge in [-0.1, -0.05) is 34.3 Å². The van der Waals surface area contributed by atoms with Crippen molar-refractivity contribution in [3.63, 3.8) is 0 Å². The Kier molecular flexibility index (Phi) is 2.84. The summed E-state index contributed by atoms with van der Waals surface area (Å²) in [7, 11) is 0. The van der Waals surface area contributed by atoms with Crippen LogP contribution < -0.4 is 16.0 Å². The van der Waals surface area contributed by atoms with E-state index in [0.717, 1.165) is 5.32 Å². The topological polar surface area (TPSA) is 131 Å². The van der Waals surface area contributed by atoms with Crippen molar-refractivity contribution in [3.05, 3.63) is 0 Å². The minimum absolute atomic E-state index is 0.0468. The smallest absolute Gasteiger partial charge is 0.356 e. The Bertz CT molecular complexity index is 1570. The van der Waals surface area contributed by atoms with Gasteiger partial charge in [-0.15, -0.1) is 0 Å². The third-order valence-electron chi connectivity index (χ3n) is 5.89. The van der Waals surface area contributed by atoms with Crippen LogP contribution in [0.2, 0.25) is 0 Å². The fraction of sp³-hybridized carbons (Fsp3) is 0.783. The largest absolute Gasteiger partial charge is 0.471 e. The van der Waals surface area contributed by atoms with Gasteiger partial charge in [0.2, 0.25) is 17.7 Å². The van der Waals surface area contributed by atoms with Crippen LogP contribution in [-0.2, 0) is 19.2 Å². The second-order valence-electron chi connectivity index (χ2n) is 8.32. The molecule has 0 aromatic carbocycles. The lowest BCUT2D eigenvalue weighted by molar-refractivity contribution is -0.176. The number of piperidine rings is 1. The molecule has 3 N–H and O–H groups in total. The molecule has 2 aliphatic heterocycles. The molecular weight excluding hydrogens is 467 g/mol. The van der Waals surface area contributed by atoms with E-state index < -0.39 is 137 Å².